The van der Waals surface area contributed by atoms with Crippen LogP contribution < -0.4 is 10.1 Å². The second kappa shape index (κ2) is 12.3. The van der Waals surface area contributed by atoms with Gasteiger partial charge in [0.1, 0.15) is 12.4 Å². The van der Waals surface area contributed by atoms with Gasteiger partial charge in [0, 0.05) is 55.9 Å². The smallest absolute Gasteiger partial charge is 0.255 e. The van der Waals surface area contributed by atoms with Crippen molar-refractivity contribution in [2.75, 3.05) is 31.7 Å². The van der Waals surface area contributed by atoms with Gasteiger partial charge in [-0.2, -0.15) is 0 Å². The summed E-state index contributed by atoms with van der Waals surface area (Å²) < 4.78 is 12.0. The standard InChI is InChI=1S/C30H30N4O3/c35-30(33-27-9-12-31-13-10-27)25-7-8-29-26(20-25)19-23-4-3-5-24(18-23)21-34(14-15-36-16-17-37-29)22-28-6-1-2-11-32-28/h1-13,18,20H,14-17,19,21-22H2,(H,31,33,35). The van der Waals surface area contributed by atoms with E-state index in [1.54, 1.807) is 30.6 Å². The number of benzene rings is 2. The van der Waals surface area contributed by atoms with Crippen molar-refractivity contribution in [3.63, 3.8) is 0 Å². The first-order valence-corrected chi connectivity index (χ1v) is 12.5. The summed E-state index contributed by atoms with van der Waals surface area (Å²) in [5, 5.41) is 2.93. The van der Waals surface area contributed by atoms with E-state index in [1.807, 2.05) is 30.5 Å². The minimum atomic E-state index is -0.171. The summed E-state index contributed by atoms with van der Waals surface area (Å²) in [6.45, 7) is 3.89. The number of fused-ring (bicyclic) bond motifs is 3. The molecule has 1 amide bonds. The van der Waals surface area contributed by atoms with E-state index in [1.165, 1.54) is 11.1 Å². The summed E-state index contributed by atoms with van der Waals surface area (Å²) in [5.74, 6) is 0.596. The molecular weight excluding hydrogens is 464 g/mol. The number of carbonyl (C=O) groups is 1. The summed E-state index contributed by atoms with van der Waals surface area (Å²) in [6.07, 6.45) is 5.79. The van der Waals surface area contributed by atoms with Gasteiger partial charge in [-0.3, -0.25) is 19.7 Å². The van der Waals surface area contributed by atoms with Crippen LogP contribution in [0.15, 0.2) is 91.4 Å². The maximum absolute atomic E-state index is 12.9. The fourth-order valence-corrected chi connectivity index (χ4v) is 4.40. The van der Waals surface area contributed by atoms with E-state index in [2.05, 4.69) is 50.5 Å². The lowest BCUT2D eigenvalue weighted by atomic mass is 9.99. The molecule has 1 aliphatic heterocycles. The molecule has 3 heterocycles. The Hall–Kier alpha value is -4.07. The summed E-state index contributed by atoms with van der Waals surface area (Å²) in [6, 6.07) is 23.7. The molecule has 0 atom stereocenters. The van der Waals surface area contributed by atoms with Gasteiger partial charge in [-0.15, -0.1) is 0 Å². The lowest BCUT2D eigenvalue weighted by Gasteiger charge is -2.23. The lowest BCUT2D eigenvalue weighted by molar-refractivity contribution is 0.0754. The van der Waals surface area contributed by atoms with Crippen molar-refractivity contribution < 1.29 is 14.3 Å². The molecule has 0 saturated heterocycles. The van der Waals surface area contributed by atoms with Crippen LogP contribution in [0.2, 0.25) is 0 Å². The van der Waals surface area contributed by atoms with Gasteiger partial charge < -0.3 is 14.8 Å². The van der Waals surface area contributed by atoms with Crippen LogP contribution >= 0.6 is 0 Å². The Kier molecular flexibility index (Phi) is 8.15. The number of ether oxygens (including phenoxy) is 2. The van der Waals surface area contributed by atoms with Gasteiger partial charge >= 0.3 is 0 Å². The first-order valence-electron chi connectivity index (χ1n) is 12.5. The number of hydrogen-bond acceptors (Lipinski definition) is 6. The molecule has 0 radical (unpaired) electrons. The SMILES string of the molecule is O=C(Nc1ccncc1)c1ccc2c(c1)Cc1cccc(c1)CN(Cc1ccccn1)CCOCCO2. The summed E-state index contributed by atoms with van der Waals surface area (Å²) in [5.41, 5.74) is 5.67. The number of anilines is 1. The highest BCUT2D eigenvalue weighted by atomic mass is 16.5. The van der Waals surface area contributed by atoms with Crippen LogP contribution in [0.4, 0.5) is 5.69 Å². The first-order chi connectivity index (χ1) is 18.2. The van der Waals surface area contributed by atoms with E-state index in [9.17, 15) is 4.79 Å². The molecule has 2 aromatic heterocycles. The van der Waals surface area contributed by atoms with Gasteiger partial charge in [0.15, 0.2) is 0 Å². The molecule has 0 fully saturated rings. The van der Waals surface area contributed by atoms with Crippen LogP contribution in [-0.2, 0) is 24.2 Å². The normalized spacial score (nSPS) is 14.6. The van der Waals surface area contributed by atoms with Gasteiger partial charge in [-0.1, -0.05) is 30.3 Å². The predicted octanol–water partition coefficient (Wildman–Crippen LogP) is 4.73. The lowest BCUT2D eigenvalue weighted by Crippen LogP contribution is -2.28. The third-order valence-electron chi connectivity index (χ3n) is 6.20. The predicted molar refractivity (Wildman–Crippen MR) is 143 cm³/mol. The topological polar surface area (TPSA) is 76.6 Å². The van der Waals surface area contributed by atoms with E-state index in [0.717, 1.165) is 36.6 Å². The van der Waals surface area contributed by atoms with Crippen molar-refractivity contribution in [3.05, 3.63) is 119 Å². The van der Waals surface area contributed by atoms with E-state index >= 15 is 0 Å². The molecule has 0 spiro atoms. The van der Waals surface area contributed by atoms with Gasteiger partial charge in [0.25, 0.3) is 5.91 Å². The van der Waals surface area contributed by atoms with E-state index in [-0.39, 0.29) is 5.91 Å². The molecule has 1 aliphatic rings. The number of carbonyl (C=O) groups excluding carboxylic acids is 1. The quantitative estimate of drug-likeness (QED) is 0.442. The second-order valence-corrected chi connectivity index (χ2v) is 9.00. The monoisotopic (exact) mass is 494 g/mol. The maximum Gasteiger partial charge on any atom is 0.255 e. The minimum absolute atomic E-state index is 0.171. The van der Waals surface area contributed by atoms with Crippen LogP contribution in [0.3, 0.4) is 0 Å². The average Bonchev–Trinajstić information content (AvgIpc) is 2.92. The van der Waals surface area contributed by atoms with Crippen LogP contribution in [0.25, 0.3) is 0 Å². The van der Waals surface area contributed by atoms with E-state index in [0.29, 0.717) is 37.5 Å². The van der Waals surface area contributed by atoms with Crippen molar-refractivity contribution >= 4 is 11.6 Å². The Morgan fingerprint density at radius 1 is 0.892 bits per heavy atom. The highest BCUT2D eigenvalue weighted by molar-refractivity contribution is 6.04. The van der Waals surface area contributed by atoms with Crippen LogP contribution in [0.1, 0.15) is 32.7 Å². The van der Waals surface area contributed by atoms with Gasteiger partial charge in [0.2, 0.25) is 0 Å². The molecule has 188 valence electrons. The van der Waals surface area contributed by atoms with Crippen molar-refractivity contribution in [2.45, 2.75) is 19.5 Å². The molecule has 0 aliphatic carbocycles. The molecule has 37 heavy (non-hydrogen) atoms. The van der Waals surface area contributed by atoms with Gasteiger partial charge in [0.05, 0.1) is 18.9 Å². The van der Waals surface area contributed by atoms with Crippen LogP contribution in [0, 0.1) is 0 Å². The second-order valence-electron chi connectivity index (χ2n) is 9.00. The zero-order valence-corrected chi connectivity index (χ0v) is 20.7. The zero-order chi connectivity index (χ0) is 25.3. The fourth-order valence-electron chi connectivity index (χ4n) is 4.40. The molecule has 7 heteroatoms. The summed E-state index contributed by atoms with van der Waals surface area (Å²) >= 11 is 0. The van der Waals surface area contributed by atoms with Crippen LogP contribution in [-0.4, -0.2) is 47.1 Å². The Morgan fingerprint density at radius 3 is 2.65 bits per heavy atom. The average molecular weight is 495 g/mol. The Balaban J connectivity index is 1.38. The number of aromatic nitrogens is 2. The number of nitrogens with one attached hydrogen (secondary N) is 1. The Bertz CT molecular complexity index is 1310. The molecule has 0 saturated carbocycles. The fraction of sp³-hybridized carbons (Fsp3) is 0.233. The van der Waals surface area contributed by atoms with Crippen molar-refractivity contribution in [1.82, 2.24) is 14.9 Å². The molecule has 5 rings (SSSR count). The zero-order valence-electron chi connectivity index (χ0n) is 20.7. The largest absolute Gasteiger partial charge is 0.491 e. The summed E-state index contributed by atoms with van der Waals surface area (Å²) in [4.78, 5) is 23.8. The van der Waals surface area contributed by atoms with Crippen molar-refractivity contribution in [3.8, 4) is 5.75 Å². The maximum atomic E-state index is 12.9. The molecule has 0 unspecified atom stereocenters. The highest BCUT2D eigenvalue weighted by Crippen LogP contribution is 2.25. The van der Waals surface area contributed by atoms with Crippen LogP contribution in [0.5, 0.6) is 5.75 Å². The summed E-state index contributed by atoms with van der Waals surface area (Å²) in [7, 11) is 0. The third-order valence-corrected chi connectivity index (χ3v) is 6.20. The Morgan fingerprint density at radius 2 is 1.78 bits per heavy atom. The molecule has 4 aromatic rings. The molecule has 2 aromatic carbocycles. The number of hydrogen-bond donors (Lipinski definition) is 1. The van der Waals surface area contributed by atoms with Crippen molar-refractivity contribution in [1.29, 1.82) is 0 Å². The van der Waals surface area contributed by atoms with E-state index < -0.39 is 0 Å². The number of nitrogens with zero attached hydrogens (tertiary/aromatic N) is 3. The molecule has 2 bridgehead atoms. The van der Waals surface area contributed by atoms with E-state index in [4.69, 9.17) is 9.47 Å². The minimum Gasteiger partial charge on any atom is -0.491 e. The number of amides is 1. The number of rotatable bonds is 4. The van der Waals surface area contributed by atoms with Gasteiger partial charge in [-0.05, 0) is 59.2 Å². The third kappa shape index (κ3) is 7.00. The number of pyridine rings is 2. The Labute approximate surface area is 217 Å². The molecule has 7 nitrogen and oxygen atoms in total. The van der Waals surface area contributed by atoms with Crippen molar-refractivity contribution in [2.24, 2.45) is 0 Å². The molecule has 1 N–H and O–H groups in total. The molecular formula is C30H30N4O3. The van der Waals surface area contributed by atoms with Gasteiger partial charge in [-0.25, -0.2) is 0 Å². The first kappa shape index (κ1) is 24.6. The highest BCUT2D eigenvalue weighted by Gasteiger charge is 2.14.